The molecule has 0 amide bonds. The van der Waals surface area contributed by atoms with Crippen LogP contribution in [0.15, 0.2) is 28.9 Å². The summed E-state index contributed by atoms with van der Waals surface area (Å²) in [5.41, 5.74) is 6.67. The Hall–Kier alpha value is -1.18. The first kappa shape index (κ1) is 14.2. The molecule has 0 aromatic carbocycles. The maximum Gasteiger partial charge on any atom is 0.246 e. The van der Waals surface area contributed by atoms with Gasteiger partial charge < -0.3 is 5.73 Å². The number of hydrogen-bond acceptors (Lipinski definition) is 4. The van der Waals surface area contributed by atoms with Gasteiger partial charge in [-0.1, -0.05) is 11.6 Å². The summed E-state index contributed by atoms with van der Waals surface area (Å²) in [6.07, 6.45) is 6.53. The van der Waals surface area contributed by atoms with Crippen LogP contribution in [0.5, 0.6) is 0 Å². The van der Waals surface area contributed by atoms with Crippen molar-refractivity contribution in [3.05, 3.63) is 24.0 Å². The van der Waals surface area contributed by atoms with Gasteiger partial charge in [0, 0.05) is 25.8 Å². The molecule has 6 nitrogen and oxygen atoms in total. The van der Waals surface area contributed by atoms with Gasteiger partial charge in [0.2, 0.25) is 10.0 Å². The standard InChI is InChI=1S/C12H20N4O2S/c1-11-3-7-16(8-4-11)19(17,18)12-9-14-15(10-12)6-2-5-13/h3,9-10H,2,4-8,13H2,1H3. The molecule has 0 atom stereocenters. The summed E-state index contributed by atoms with van der Waals surface area (Å²) >= 11 is 0. The minimum Gasteiger partial charge on any atom is -0.330 e. The first-order valence-corrected chi connectivity index (χ1v) is 7.86. The number of aromatic nitrogens is 2. The van der Waals surface area contributed by atoms with Crippen LogP contribution in [-0.4, -0.2) is 42.1 Å². The van der Waals surface area contributed by atoms with Crippen molar-refractivity contribution in [2.75, 3.05) is 19.6 Å². The molecule has 19 heavy (non-hydrogen) atoms. The smallest absolute Gasteiger partial charge is 0.246 e. The summed E-state index contributed by atoms with van der Waals surface area (Å²) in [7, 11) is -3.42. The Labute approximate surface area is 113 Å². The first-order valence-electron chi connectivity index (χ1n) is 6.42. The fourth-order valence-corrected chi connectivity index (χ4v) is 3.31. The van der Waals surface area contributed by atoms with Crippen molar-refractivity contribution in [1.29, 1.82) is 0 Å². The number of rotatable bonds is 5. The van der Waals surface area contributed by atoms with E-state index in [2.05, 4.69) is 5.10 Å². The van der Waals surface area contributed by atoms with E-state index < -0.39 is 10.0 Å². The molecule has 0 spiro atoms. The van der Waals surface area contributed by atoms with E-state index in [1.54, 1.807) is 10.9 Å². The second-order valence-electron chi connectivity index (χ2n) is 4.74. The average molecular weight is 284 g/mol. The van der Waals surface area contributed by atoms with Gasteiger partial charge in [-0.2, -0.15) is 9.40 Å². The van der Waals surface area contributed by atoms with E-state index in [9.17, 15) is 8.42 Å². The van der Waals surface area contributed by atoms with Crippen LogP contribution < -0.4 is 5.73 Å². The van der Waals surface area contributed by atoms with E-state index in [1.165, 1.54) is 16.1 Å². The van der Waals surface area contributed by atoms with Crippen molar-refractivity contribution < 1.29 is 8.42 Å². The van der Waals surface area contributed by atoms with Crippen LogP contribution in [0.4, 0.5) is 0 Å². The molecule has 7 heteroatoms. The average Bonchev–Trinajstić information content (AvgIpc) is 2.86. The number of aryl methyl sites for hydroxylation is 1. The molecule has 106 valence electrons. The zero-order chi connectivity index (χ0) is 13.9. The van der Waals surface area contributed by atoms with E-state index in [0.717, 1.165) is 12.8 Å². The number of nitrogens with zero attached hydrogens (tertiary/aromatic N) is 3. The lowest BCUT2D eigenvalue weighted by Crippen LogP contribution is -2.34. The molecule has 2 heterocycles. The van der Waals surface area contributed by atoms with Crippen molar-refractivity contribution in [1.82, 2.24) is 14.1 Å². The van der Waals surface area contributed by atoms with Crippen LogP contribution in [-0.2, 0) is 16.6 Å². The second kappa shape index (κ2) is 5.85. The highest BCUT2D eigenvalue weighted by molar-refractivity contribution is 7.89. The lowest BCUT2D eigenvalue weighted by Gasteiger charge is -2.23. The van der Waals surface area contributed by atoms with E-state index in [4.69, 9.17) is 5.73 Å². The third-order valence-electron chi connectivity index (χ3n) is 3.24. The van der Waals surface area contributed by atoms with E-state index in [-0.39, 0.29) is 4.90 Å². The highest BCUT2D eigenvalue weighted by Gasteiger charge is 2.26. The van der Waals surface area contributed by atoms with Gasteiger partial charge >= 0.3 is 0 Å². The molecule has 0 saturated heterocycles. The molecular formula is C12H20N4O2S. The summed E-state index contributed by atoms with van der Waals surface area (Å²) in [6, 6.07) is 0. The van der Waals surface area contributed by atoms with Gasteiger partial charge in [0.25, 0.3) is 0 Å². The zero-order valence-electron chi connectivity index (χ0n) is 11.1. The van der Waals surface area contributed by atoms with Gasteiger partial charge in [0.05, 0.1) is 6.20 Å². The minimum atomic E-state index is -3.42. The van der Waals surface area contributed by atoms with Gasteiger partial charge in [-0.15, -0.1) is 0 Å². The summed E-state index contributed by atoms with van der Waals surface area (Å²) < 4.78 is 27.9. The van der Waals surface area contributed by atoms with E-state index in [0.29, 0.717) is 26.2 Å². The number of nitrogens with two attached hydrogens (primary N) is 1. The highest BCUT2D eigenvalue weighted by Crippen LogP contribution is 2.19. The third kappa shape index (κ3) is 3.23. The van der Waals surface area contributed by atoms with Gasteiger partial charge in [0.15, 0.2) is 0 Å². The lowest BCUT2D eigenvalue weighted by molar-refractivity contribution is 0.431. The van der Waals surface area contributed by atoms with Crippen molar-refractivity contribution in [3.8, 4) is 0 Å². The van der Waals surface area contributed by atoms with E-state index >= 15 is 0 Å². The van der Waals surface area contributed by atoms with Crippen LogP contribution in [0.2, 0.25) is 0 Å². The molecule has 2 N–H and O–H groups in total. The largest absolute Gasteiger partial charge is 0.330 e. The maximum atomic E-state index is 12.4. The van der Waals surface area contributed by atoms with Gasteiger partial charge in [-0.05, 0) is 26.3 Å². The second-order valence-corrected chi connectivity index (χ2v) is 6.68. The Morgan fingerprint density at radius 2 is 2.26 bits per heavy atom. The number of sulfonamides is 1. The summed E-state index contributed by atoms with van der Waals surface area (Å²) in [6.45, 7) is 4.22. The van der Waals surface area contributed by atoms with Crippen LogP contribution in [0.25, 0.3) is 0 Å². The molecule has 1 aromatic heterocycles. The fourth-order valence-electron chi connectivity index (χ4n) is 1.97. The molecule has 0 saturated carbocycles. The zero-order valence-corrected chi connectivity index (χ0v) is 11.9. The Morgan fingerprint density at radius 3 is 2.89 bits per heavy atom. The van der Waals surface area contributed by atoms with Crippen molar-refractivity contribution in [2.24, 2.45) is 5.73 Å². The minimum absolute atomic E-state index is 0.262. The third-order valence-corrected chi connectivity index (χ3v) is 5.06. The summed E-state index contributed by atoms with van der Waals surface area (Å²) in [4.78, 5) is 0.262. The Bertz CT molecular complexity index is 562. The highest BCUT2D eigenvalue weighted by atomic mass is 32.2. The molecule has 0 fully saturated rings. The Kier molecular flexibility index (Phi) is 4.38. The predicted octanol–water partition coefficient (Wildman–Crippen LogP) is 0.573. The van der Waals surface area contributed by atoms with Crippen molar-refractivity contribution in [3.63, 3.8) is 0 Å². The van der Waals surface area contributed by atoms with Crippen molar-refractivity contribution >= 4 is 10.0 Å². The van der Waals surface area contributed by atoms with Crippen LogP contribution in [0.1, 0.15) is 19.8 Å². The van der Waals surface area contributed by atoms with Gasteiger partial charge in [0.1, 0.15) is 4.90 Å². The molecule has 1 aliphatic rings. The van der Waals surface area contributed by atoms with Crippen molar-refractivity contribution in [2.45, 2.75) is 31.2 Å². The topological polar surface area (TPSA) is 81.2 Å². The monoisotopic (exact) mass is 284 g/mol. The molecule has 1 aromatic rings. The summed E-state index contributed by atoms with van der Waals surface area (Å²) in [5.74, 6) is 0. The van der Waals surface area contributed by atoms with E-state index in [1.807, 2.05) is 13.0 Å². The van der Waals surface area contributed by atoms with Gasteiger partial charge in [-0.3, -0.25) is 4.68 Å². The molecule has 0 radical (unpaired) electrons. The molecule has 0 unspecified atom stereocenters. The molecule has 0 aliphatic carbocycles. The SMILES string of the molecule is CC1=CCN(S(=O)(=O)c2cnn(CCCN)c2)CC1. The first-order chi connectivity index (χ1) is 9.04. The van der Waals surface area contributed by atoms with Gasteiger partial charge in [-0.25, -0.2) is 8.42 Å². The quantitative estimate of drug-likeness (QED) is 0.802. The normalized spacial score (nSPS) is 17.5. The Balaban J connectivity index is 2.13. The molecule has 1 aliphatic heterocycles. The Morgan fingerprint density at radius 1 is 1.47 bits per heavy atom. The fraction of sp³-hybridized carbons (Fsp3) is 0.583. The number of hydrogen-bond donors (Lipinski definition) is 1. The van der Waals surface area contributed by atoms with Crippen LogP contribution in [0, 0.1) is 0 Å². The van der Waals surface area contributed by atoms with Crippen LogP contribution in [0.3, 0.4) is 0 Å². The lowest BCUT2D eigenvalue weighted by atomic mass is 10.1. The summed E-state index contributed by atoms with van der Waals surface area (Å²) in [5, 5.41) is 4.07. The predicted molar refractivity (Wildman–Crippen MR) is 73.0 cm³/mol. The molecule has 0 bridgehead atoms. The maximum absolute atomic E-state index is 12.4. The molecular weight excluding hydrogens is 264 g/mol. The molecule has 2 rings (SSSR count). The van der Waals surface area contributed by atoms with Crippen LogP contribution >= 0.6 is 0 Å².